The quantitative estimate of drug-likeness (QED) is 0.356. The Kier molecular flexibility index (Phi) is 5.26. The Bertz CT molecular complexity index is 1630. The lowest BCUT2D eigenvalue weighted by atomic mass is 9.95. The van der Waals surface area contributed by atoms with Gasteiger partial charge in [0.15, 0.2) is 17.2 Å². The fourth-order valence-electron chi connectivity index (χ4n) is 5.40. The van der Waals surface area contributed by atoms with E-state index in [1.165, 1.54) is 17.3 Å². The van der Waals surface area contributed by atoms with E-state index in [0.29, 0.717) is 46.6 Å². The van der Waals surface area contributed by atoms with Crippen molar-refractivity contribution in [1.29, 1.82) is 0 Å². The summed E-state index contributed by atoms with van der Waals surface area (Å²) in [5, 5.41) is 8.58. The van der Waals surface area contributed by atoms with E-state index in [9.17, 15) is 4.79 Å². The average Bonchev–Trinajstić information content (AvgIpc) is 3.46. The van der Waals surface area contributed by atoms with Gasteiger partial charge in [-0.3, -0.25) is 9.30 Å². The van der Waals surface area contributed by atoms with Crippen molar-refractivity contribution in [3.8, 4) is 22.6 Å². The standard InChI is InChI=1S/C28H27FN6O4/c1-28(2,3)39-27(36)34-10-19-20(29)6-7-21-23(19)16(11-37-21)12-38-22-8-17(25-33-32-14-35(25)26(22)34)18-9-30-13-31-24(18)15-4-5-15/h6-9,13-16H,4-5,10-12H2,1-3H3/t16-/m1/s1. The Balaban J connectivity index is 1.46. The number of hydrogen-bond acceptors (Lipinski definition) is 8. The largest absolute Gasteiger partial charge is 0.493 e. The Morgan fingerprint density at radius 2 is 1.90 bits per heavy atom. The van der Waals surface area contributed by atoms with Gasteiger partial charge in [-0.2, -0.15) is 0 Å². The van der Waals surface area contributed by atoms with Crippen LogP contribution >= 0.6 is 0 Å². The minimum Gasteiger partial charge on any atom is -0.493 e. The first kappa shape index (κ1) is 23.8. The number of ether oxygens (including phenoxy) is 3. The van der Waals surface area contributed by atoms with E-state index in [2.05, 4.69) is 20.2 Å². The van der Waals surface area contributed by atoms with E-state index >= 15 is 4.39 Å². The molecule has 3 aromatic heterocycles. The van der Waals surface area contributed by atoms with Gasteiger partial charge in [0.2, 0.25) is 0 Å². The third kappa shape index (κ3) is 4.03. The fourth-order valence-corrected chi connectivity index (χ4v) is 5.40. The molecule has 7 rings (SSSR count). The van der Waals surface area contributed by atoms with Crippen LogP contribution in [-0.2, 0) is 11.3 Å². The number of hydrogen-bond donors (Lipinski definition) is 0. The van der Waals surface area contributed by atoms with E-state index in [-0.39, 0.29) is 19.1 Å². The molecule has 0 spiro atoms. The Morgan fingerprint density at radius 3 is 2.67 bits per heavy atom. The molecule has 1 atom stereocenters. The van der Waals surface area contributed by atoms with Gasteiger partial charge in [0.05, 0.1) is 31.4 Å². The predicted octanol–water partition coefficient (Wildman–Crippen LogP) is 5.01. The van der Waals surface area contributed by atoms with Crippen LogP contribution in [0.3, 0.4) is 0 Å². The van der Waals surface area contributed by atoms with Crippen LogP contribution in [0, 0.1) is 5.82 Å². The van der Waals surface area contributed by atoms with Gasteiger partial charge in [-0.15, -0.1) is 10.2 Å². The van der Waals surface area contributed by atoms with Gasteiger partial charge >= 0.3 is 6.09 Å². The van der Waals surface area contributed by atoms with Crippen LogP contribution in [0.5, 0.6) is 11.5 Å². The van der Waals surface area contributed by atoms with Gasteiger partial charge < -0.3 is 14.2 Å². The molecule has 0 bridgehead atoms. The lowest BCUT2D eigenvalue weighted by Gasteiger charge is -2.29. The number of amides is 1. The van der Waals surface area contributed by atoms with Crippen molar-refractivity contribution in [1.82, 2.24) is 24.6 Å². The maximum Gasteiger partial charge on any atom is 0.416 e. The highest BCUT2D eigenvalue weighted by molar-refractivity contribution is 5.92. The second-order valence-electron chi connectivity index (χ2n) is 11.2. The number of carbonyl (C=O) groups is 1. The third-order valence-corrected chi connectivity index (χ3v) is 7.24. The first-order chi connectivity index (χ1) is 18.8. The zero-order valence-electron chi connectivity index (χ0n) is 21.8. The van der Waals surface area contributed by atoms with Gasteiger partial charge in [0.25, 0.3) is 0 Å². The summed E-state index contributed by atoms with van der Waals surface area (Å²) >= 11 is 0. The van der Waals surface area contributed by atoms with Crippen LogP contribution in [0.4, 0.5) is 15.0 Å². The topological polar surface area (TPSA) is 104 Å². The molecule has 4 aromatic rings. The van der Waals surface area contributed by atoms with Crippen molar-refractivity contribution in [2.24, 2.45) is 0 Å². The minimum absolute atomic E-state index is 0.0888. The highest BCUT2D eigenvalue weighted by Gasteiger charge is 2.37. The molecule has 1 amide bonds. The summed E-state index contributed by atoms with van der Waals surface area (Å²) in [4.78, 5) is 24.0. The molecule has 5 heterocycles. The summed E-state index contributed by atoms with van der Waals surface area (Å²) < 4.78 is 35.2. The zero-order valence-corrected chi connectivity index (χ0v) is 21.8. The number of benzene rings is 1. The van der Waals surface area contributed by atoms with Crippen molar-refractivity contribution in [2.75, 3.05) is 18.1 Å². The van der Waals surface area contributed by atoms with E-state index in [0.717, 1.165) is 29.7 Å². The number of rotatable bonds is 2. The van der Waals surface area contributed by atoms with Gasteiger partial charge in [-0.05, 0) is 51.8 Å². The normalized spacial score (nSPS) is 18.4. The van der Waals surface area contributed by atoms with Crippen molar-refractivity contribution >= 4 is 17.6 Å². The molecule has 0 unspecified atom stereocenters. The summed E-state index contributed by atoms with van der Waals surface area (Å²) in [5.74, 6) is 1.10. The molecule has 1 saturated carbocycles. The minimum atomic E-state index is -0.786. The van der Waals surface area contributed by atoms with E-state index in [1.807, 2.05) is 6.07 Å². The number of anilines is 1. The van der Waals surface area contributed by atoms with Gasteiger partial charge in [0, 0.05) is 34.4 Å². The van der Waals surface area contributed by atoms with E-state index in [4.69, 9.17) is 14.2 Å². The van der Waals surface area contributed by atoms with Crippen LogP contribution in [0.15, 0.2) is 37.1 Å². The summed E-state index contributed by atoms with van der Waals surface area (Å²) in [5.41, 5.74) is 3.33. The summed E-state index contributed by atoms with van der Waals surface area (Å²) in [6, 6.07) is 4.85. The Labute approximate surface area is 223 Å². The highest BCUT2D eigenvalue weighted by atomic mass is 19.1. The second kappa shape index (κ2) is 8.62. The fraction of sp³-hybridized carbons (Fsp3) is 0.393. The van der Waals surface area contributed by atoms with Crippen molar-refractivity contribution in [3.63, 3.8) is 0 Å². The van der Waals surface area contributed by atoms with Gasteiger partial charge in [0.1, 0.15) is 29.8 Å². The van der Waals surface area contributed by atoms with Crippen molar-refractivity contribution in [2.45, 2.75) is 57.6 Å². The first-order valence-electron chi connectivity index (χ1n) is 13.0. The van der Waals surface area contributed by atoms with E-state index in [1.54, 1.807) is 43.8 Å². The van der Waals surface area contributed by atoms with Crippen LogP contribution in [0.1, 0.15) is 62.3 Å². The maximum atomic E-state index is 15.4. The predicted molar refractivity (Wildman–Crippen MR) is 139 cm³/mol. The lowest BCUT2D eigenvalue weighted by molar-refractivity contribution is 0.0574. The lowest BCUT2D eigenvalue weighted by Crippen LogP contribution is -2.38. The number of fused-ring (bicyclic) bond motifs is 3. The first-order valence-corrected chi connectivity index (χ1v) is 13.0. The highest BCUT2D eigenvalue weighted by Crippen LogP contribution is 2.47. The second-order valence-corrected chi connectivity index (χ2v) is 11.2. The molecule has 1 aromatic carbocycles. The number of nitrogens with zero attached hydrogens (tertiary/aromatic N) is 6. The third-order valence-electron chi connectivity index (χ3n) is 7.24. The van der Waals surface area contributed by atoms with Gasteiger partial charge in [-0.25, -0.2) is 19.2 Å². The Hall–Kier alpha value is -4.28. The summed E-state index contributed by atoms with van der Waals surface area (Å²) in [6.07, 6.45) is 6.34. The molecule has 1 fully saturated rings. The molecule has 0 radical (unpaired) electrons. The smallest absolute Gasteiger partial charge is 0.416 e. The summed E-state index contributed by atoms with van der Waals surface area (Å²) in [6.45, 7) is 5.86. The molecule has 1 aliphatic carbocycles. The number of pyridine rings is 1. The van der Waals surface area contributed by atoms with Crippen molar-refractivity contribution in [3.05, 3.63) is 59.7 Å². The van der Waals surface area contributed by atoms with Crippen molar-refractivity contribution < 1.29 is 23.4 Å². The average molecular weight is 531 g/mol. The molecule has 10 nitrogen and oxygen atoms in total. The van der Waals surface area contributed by atoms with E-state index < -0.39 is 17.5 Å². The molecule has 0 N–H and O–H groups in total. The van der Waals surface area contributed by atoms with Crippen LogP contribution in [-0.4, -0.2) is 49.5 Å². The van der Waals surface area contributed by atoms with Crippen LogP contribution in [0.25, 0.3) is 16.8 Å². The molecular weight excluding hydrogens is 503 g/mol. The monoisotopic (exact) mass is 530 g/mol. The zero-order chi connectivity index (χ0) is 26.9. The van der Waals surface area contributed by atoms with Crippen LogP contribution < -0.4 is 14.4 Å². The molecule has 11 heteroatoms. The number of halogens is 1. The number of carbonyl (C=O) groups excluding carboxylic acids is 1. The van der Waals surface area contributed by atoms with Gasteiger partial charge in [-0.1, -0.05) is 0 Å². The molecule has 3 aliphatic rings. The molecule has 2 aliphatic heterocycles. The molecule has 39 heavy (non-hydrogen) atoms. The Morgan fingerprint density at radius 1 is 1.10 bits per heavy atom. The SMILES string of the molecule is CC(C)(C)OC(=O)N1Cc2c(F)ccc3c2[C@H](CO3)COc2cc(-c3cncnc3C3CC3)c3nncn3c21. The molecule has 200 valence electrons. The maximum absolute atomic E-state index is 15.4. The summed E-state index contributed by atoms with van der Waals surface area (Å²) in [7, 11) is 0. The molecular formula is C28H27FN6O4. The van der Waals surface area contributed by atoms with Crippen LogP contribution in [0.2, 0.25) is 0 Å². The number of aromatic nitrogens is 5. The molecule has 0 saturated heterocycles.